The van der Waals surface area contributed by atoms with Crippen LogP contribution in [0.4, 0.5) is 0 Å². The molecule has 0 unspecified atom stereocenters. The van der Waals surface area contributed by atoms with E-state index in [0.717, 1.165) is 44.2 Å². The Morgan fingerprint density at radius 2 is 1.56 bits per heavy atom. The fourth-order valence-corrected chi connectivity index (χ4v) is 5.16. The lowest BCUT2D eigenvalue weighted by molar-refractivity contribution is -0.138. The number of carbonyl (C=O) groups is 2. The number of piperazine rings is 1. The number of methoxy groups -OCH3 is 2. The lowest BCUT2D eigenvalue weighted by atomic mass is 9.94. The van der Waals surface area contributed by atoms with E-state index in [1.54, 1.807) is 32.4 Å². The van der Waals surface area contributed by atoms with Crippen molar-refractivity contribution in [3.8, 4) is 23.0 Å². The van der Waals surface area contributed by atoms with E-state index in [2.05, 4.69) is 11.0 Å². The monoisotopic (exact) mass is 495 g/mol. The molecular formula is C27H33N3O6. The van der Waals surface area contributed by atoms with E-state index in [4.69, 9.17) is 18.9 Å². The quantitative estimate of drug-likeness (QED) is 0.610. The van der Waals surface area contributed by atoms with Gasteiger partial charge >= 0.3 is 0 Å². The summed E-state index contributed by atoms with van der Waals surface area (Å²) in [6, 6.07) is 11.3. The fourth-order valence-electron chi connectivity index (χ4n) is 5.16. The fraction of sp³-hybridized carbons (Fsp3) is 0.481. The van der Waals surface area contributed by atoms with Gasteiger partial charge in [-0.05, 0) is 48.7 Å². The molecule has 3 aliphatic rings. The predicted octanol–water partition coefficient (Wildman–Crippen LogP) is 2.63. The number of piperidine rings is 1. The number of carbonyl (C=O) groups excluding carboxylic acids is 2. The van der Waals surface area contributed by atoms with E-state index < -0.39 is 0 Å². The molecule has 0 aromatic heterocycles. The molecule has 9 heteroatoms. The van der Waals surface area contributed by atoms with Gasteiger partial charge in [0, 0.05) is 57.3 Å². The van der Waals surface area contributed by atoms with Gasteiger partial charge < -0.3 is 28.7 Å². The highest BCUT2D eigenvalue weighted by Crippen LogP contribution is 2.33. The number of hydrogen-bond acceptors (Lipinski definition) is 7. The SMILES string of the molecule is COc1ccc(C(=O)N2CCC(C(=O)N3CCN(Cc4ccc5c(c4)OCO5)CC3)CC2)cc1OC. The van der Waals surface area contributed by atoms with Crippen molar-refractivity contribution < 1.29 is 28.5 Å². The number of rotatable bonds is 6. The molecule has 9 nitrogen and oxygen atoms in total. The highest BCUT2D eigenvalue weighted by Gasteiger charge is 2.32. The van der Waals surface area contributed by atoms with E-state index in [9.17, 15) is 9.59 Å². The molecular weight excluding hydrogens is 462 g/mol. The number of amides is 2. The largest absolute Gasteiger partial charge is 0.493 e. The van der Waals surface area contributed by atoms with Crippen molar-refractivity contribution in [2.45, 2.75) is 19.4 Å². The van der Waals surface area contributed by atoms with Crippen molar-refractivity contribution in [1.82, 2.24) is 14.7 Å². The molecule has 0 N–H and O–H groups in total. The highest BCUT2D eigenvalue weighted by atomic mass is 16.7. The van der Waals surface area contributed by atoms with Crippen LogP contribution in [0.15, 0.2) is 36.4 Å². The summed E-state index contributed by atoms with van der Waals surface area (Å²) in [5.41, 5.74) is 1.75. The second kappa shape index (κ2) is 10.7. The average molecular weight is 496 g/mol. The molecule has 2 saturated heterocycles. The standard InChI is InChI=1S/C27H33N3O6/c1-33-22-6-4-21(16-24(22)34-2)27(32)29-9-7-20(8-10-29)26(31)30-13-11-28(12-14-30)17-19-3-5-23-25(15-19)36-18-35-23/h3-6,15-16,20H,7-14,17-18H2,1-2H3. The molecule has 2 fully saturated rings. The lowest BCUT2D eigenvalue weighted by Crippen LogP contribution is -2.51. The van der Waals surface area contributed by atoms with Crippen LogP contribution in [-0.4, -0.2) is 86.8 Å². The summed E-state index contributed by atoms with van der Waals surface area (Å²) in [4.78, 5) is 32.4. The molecule has 0 spiro atoms. The van der Waals surface area contributed by atoms with Gasteiger partial charge in [-0.2, -0.15) is 0 Å². The summed E-state index contributed by atoms with van der Waals surface area (Å²) in [7, 11) is 3.13. The number of fused-ring (bicyclic) bond motifs is 1. The maximum Gasteiger partial charge on any atom is 0.253 e. The van der Waals surface area contributed by atoms with Crippen LogP contribution in [-0.2, 0) is 11.3 Å². The first-order valence-corrected chi connectivity index (χ1v) is 12.5. The van der Waals surface area contributed by atoms with Gasteiger partial charge in [0.25, 0.3) is 5.91 Å². The van der Waals surface area contributed by atoms with Gasteiger partial charge in [0.15, 0.2) is 23.0 Å². The minimum atomic E-state index is -0.0426. The van der Waals surface area contributed by atoms with E-state index in [1.807, 2.05) is 21.9 Å². The van der Waals surface area contributed by atoms with Crippen LogP contribution >= 0.6 is 0 Å². The molecule has 3 heterocycles. The van der Waals surface area contributed by atoms with Crippen molar-refractivity contribution in [1.29, 1.82) is 0 Å². The van der Waals surface area contributed by atoms with E-state index in [0.29, 0.717) is 43.0 Å². The Hall–Kier alpha value is -3.46. The van der Waals surface area contributed by atoms with E-state index >= 15 is 0 Å². The highest BCUT2D eigenvalue weighted by molar-refractivity contribution is 5.95. The molecule has 192 valence electrons. The van der Waals surface area contributed by atoms with Crippen LogP contribution in [0.25, 0.3) is 0 Å². The number of benzene rings is 2. The van der Waals surface area contributed by atoms with Crippen molar-refractivity contribution in [2.75, 3.05) is 60.3 Å². The molecule has 0 radical (unpaired) electrons. The van der Waals surface area contributed by atoms with Crippen LogP contribution in [0.5, 0.6) is 23.0 Å². The van der Waals surface area contributed by atoms with Gasteiger partial charge in [0.1, 0.15) is 0 Å². The van der Waals surface area contributed by atoms with Gasteiger partial charge in [-0.15, -0.1) is 0 Å². The normalized spacial score (nSPS) is 18.3. The van der Waals surface area contributed by atoms with Crippen molar-refractivity contribution in [3.63, 3.8) is 0 Å². The smallest absolute Gasteiger partial charge is 0.253 e. The topological polar surface area (TPSA) is 80.8 Å². The summed E-state index contributed by atoms with van der Waals surface area (Å²) < 4.78 is 21.5. The third-order valence-corrected chi connectivity index (χ3v) is 7.29. The van der Waals surface area contributed by atoms with Crippen LogP contribution in [0.3, 0.4) is 0 Å². The number of nitrogens with zero attached hydrogens (tertiary/aromatic N) is 3. The Morgan fingerprint density at radius 3 is 2.28 bits per heavy atom. The molecule has 2 aromatic carbocycles. The Labute approximate surface area is 211 Å². The van der Waals surface area contributed by atoms with Crippen LogP contribution in [0.2, 0.25) is 0 Å². The predicted molar refractivity (Wildman–Crippen MR) is 133 cm³/mol. The Morgan fingerprint density at radius 1 is 0.833 bits per heavy atom. The summed E-state index contributed by atoms with van der Waals surface area (Å²) in [6.07, 6.45) is 1.38. The molecule has 3 aliphatic heterocycles. The first-order valence-electron chi connectivity index (χ1n) is 12.5. The number of hydrogen-bond donors (Lipinski definition) is 0. The minimum Gasteiger partial charge on any atom is -0.493 e. The van der Waals surface area contributed by atoms with Crippen LogP contribution in [0.1, 0.15) is 28.8 Å². The summed E-state index contributed by atoms with van der Waals surface area (Å²) in [6.45, 7) is 5.41. The van der Waals surface area contributed by atoms with Crippen molar-refractivity contribution >= 4 is 11.8 Å². The van der Waals surface area contributed by atoms with Gasteiger partial charge in [0.05, 0.1) is 14.2 Å². The third-order valence-electron chi connectivity index (χ3n) is 7.29. The van der Waals surface area contributed by atoms with Gasteiger partial charge in [-0.25, -0.2) is 0 Å². The first kappa shape index (κ1) is 24.2. The maximum absolute atomic E-state index is 13.2. The lowest BCUT2D eigenvalue weighted by Gasteiger charge is -2.38. The number of likely N-dealkylation sites (tertiary alicyclic amines) is 1. The van der Waals surface area contributed by atoms with Crippen LogP contribution in [0, 0.1) is 5.92 Å². The third kappa shape index (κ3) is 5.06. The molecule has 5 rings (SSSR count). The van der Waals surface area contributed by atoms with Crippen LogP contribution < -0.4 is 18.9 Å². The van der Waals surface area contributed by atoms with Gasteiger partial charge in [0.2, 0.25) is 12.7 Å². The van der Waals surface area contributed by atoms with Crippen molar-refractivity contribution in [3.05, 3.63) is 47.5 Å². The molecule has 2 amide bonds. The molecule has 36 heavy (non-hydrogen) atoms. The summed E-state index contributed by atoms with van der Waals surface area (Å²) >= 11 is 0. The van der Waals surface area contributed by atoms with Gasteiger partial charge in [-0.3, -0.25) is 14.5 Å². The Kier molecular flexibility index (Phi) is 7.18. The zero-order chi connectivity index (χ0) is 25.1. The second-order valence-corrected chi connectivity index (χ2v) is 9.43. The zero-order valence-corrected chi connectivity index (χ0v) is 20.9. The Bertz CT molecular complexity index is 1110. The second-order valence-electron chi connectivity index (χ2n) is 9.43. The molecule has 2 aromatic rings. The molecule has 0 atom stereocenters. The summed E-state index contributed by atoms with van der Waals surface area (Å²) in [5, 5.41) is 0. The zero-order valence-electron chi connectivity index (χ0n) is 20.9. The molecule has 0 aliphatic carbocycles. The molecule has 0 saturated carbocycles. The maximum atomic E-state index is 13.2. The van der Waals surface area contributed by atoms with Crippen molar-refractivity contribution in [2.24, 2.45) is 5.92 Å². The minimum absolute atomic E-state index is 0.0279. The molecule has 0 bridgehead atoms. The van der Waals surface area contributed by atoms with E-state index in [1.165, 1.54) is 5.56 Å². The first-order chi connectivity index (χ1) is 17.6. The summed E-state index contributed by atoms with van der Waals surface area (Å²) in [5.74, 6) is 2.87. The van der Waals surface area contributed by atoms with E-state index in [-0.39, 0.29) is 24.5 Å². The Balaban J connectivity index is 1.09. The number of ether oxygens (including phenoxy) is 4. The average Bonchev–Trinajstić information content (AvgIpc) is 3.40. The van der Waals surface area contributed by atoms with Gasteiger partial charge in [-0.1, -0.05) is 6.07 Å².